The number of rotatable bonds is 2. The highest BCUT2D eigenvalue weighted by atomic mass is 19.1. The number of carbonyl (C=O) groups is 1. The number of carboxylic acid groups (broad SMARTS) is 1. The van der Waals surface area contributed by atoms with E-state index in [1.54, 1.807) is 18.4 Å². The first-order chi connectivity index (χ1) is 8.90. The van der Waals surface area contributed by atoms with Crippen LogP contribution < -0.4 is 5.43 Å². The van der Waals surface area contributed by atoms with Crippen LogP contribution in [0.2, 0.25) is 0 Å². The molecule has 2 rings (SSSR count). The number of hydrogen-bond donors (Lipinski definition) is 1. The van der Waals surface area contributed by atoms with Gasteiger partial charge in [-0.25, -0.2) is 9.18 Å². The first-order valence-corrected chi connectivity index (χ1v) is 5.63. The maximum absolute atomic E-state index is 13.4. The molecule has 0 amide bonds. The van der Waals surface area contributed by atoms with Gasteiger partial charge in [-0.2, -0.15) is 0 Å². The minimum Gasteiger partial charge on any atom is -0.478 e. The van der Waals surface area contributed by atoms with Gasteiger partial charge in [0.2, 0.25) is 0 Å². The summed E-state index contributed by atoms with van der Waals surface area (Å²) < 4.78 is 14.9. The van der Waals surface area contributed by atoms with E-state index in [4.69, 9.17) is 5.11 Å². The molecule has 2 aromatic rings. The van der Waals surface area contributed by atoms with E-state index in [-0.39, 0.29) is 16.7 Å². The maximum atomic E-state index is 13.4. The van der Waals surface area contributed by atoms with Crippen LogP contribution in [0.1, 0.15) is 21.7 Å². The highest BCUT2D eigenvalue weighted by Gasteiger charge is 2.15. The Labute approximate surface area is 108 Å². The molecule has 1 N–H and O–H groups in total. The van der Waals surface area contributed by atoms with Gasteiger partial charge in [-0.05, 0) is 32.0 Å². The number of aromatic carboxylic acids is 1. The summed E-state index contributed by atoms with van der Waals surface area (Å²) >= 11 is 0. The van der Waals surface area contributed by atoms with Crippen molar-refractivity contribution in [1.82, 2.24) is 4.57 Å². The van der Waals surface area contributed by atoms with Gasteiger partial charge >= 0.3 is 5.97 Å². The van der Waals surface area contributed by atoms with Crippen LogP contribution in [0.5, 0.6) is 0 Å². The second-order valence-corrected chi connectivity index (χ2v) is 4.28. The van der Waals surface area contributed by atoms with E-state index >= 15 is 0 Å². The Hall–Kier alpha value is -2.43. The van der Waals surface area contributed by atoms with Gasteiger partial charge in [0.05, 0.1) is 11.3 Å². The molecule has 98 valence electrons. The molecule has 0 aliphatic heterocycles. The highest BCUT2D eigenvalue weighted by molar-refractivity contribution is 5.92. The molecule has 0 aliphatic carbocycles. The Morgan fingerprint density at radius 2 is 1.74 bits per heavy atom. The summed E-state index contributed by atoms with van der Waals surface area (Å²) in [6, 6.07) is 6.21. The molecular weight excluding hydrogens is 249 g/mol. The van der Waals surface area contributed by atoms with Crippen molar-refractivity contribution < 1.29 is 14.3 Å². The molecule has 0 saturated heterocycles. The monoisotopic (exact) mass is 261 g/mol. The molecule has 0 radical (unpaired) electrons. The summed E-state index contributed by atoms with van der Waals surface area (Å²) in [5.41, 5.74) is 1.13. The number of benzene rings is 1. The minimum atomic E-state index is -1.15. The topological polar surface area (TPSA) is 59.3 Å². The van der Waals surface area contributed by atoms with Gasteiger partial charge < -0.3 is 9.67 Å². The van der Waals surface area contributed by atoms with E-state index < -0.39 is 11.8 Å². The van der Waals surface area contributed by atoms with Crippen LogP contribution in [0.3, 0.4) is 0 Å². The quantitative estimate of drug-likeness (QED) is 0.902. The van der Waals surface area contributed by atoms with Crippen LogP contribution >= 0.6 is 0 Å². The van der Waals surface area contributed by atoms with Gasteiger partial charge in [0, 0.05) is 23.5 Å². The van der Waals surface area contributed by atoms with Crippen molar-refractivity contribution in [2.75, 3.05) is 0 Å². The molecular formula is C14H12FNO3. The fourth-order valence-corrected chi connectivity index (χ4v) is 2.11. The van der Waals surface area contributed by atoms with Gasteiger partial charge in [-0.15, -0.1) is 0 Å². The third-order valence-electron chi connectivity index (χ3n) is 2.84. The Bertz CT molecular complexity index is 693. The van der Waals surface area contributed by atoms with Crippen molar-refractivity contribution >= 4 is 5.97 Å². The molecule has 5 heteroatoms. The SMILES string of the molecule is Cc1cc(=O)cc(C)n1-c1cc(F)ccc1C(=O)O. The van der Waals surface area contributed by atoms with Gasteiger partial charge in [0.15, 0.2) is 5.43 Å². The van der Waals surface area contributed by atoms with Crippen LogP contribution in [0.4, 0.5) is 4.39 Å². The number of aromatic nitrogens is 1. The first kappa shape index (κ1) is 13.0. The largest absolute Gasteiger partial charge is 0.478 e. The third-order valence-corrected chi connectivity index (χ3v) is 2.84. The lowest BCUT2D eigenvalue weighted by atomic mass is 10.1. The lowest BCUT2D eigenvalue weighted by Gasteiger charge is -2.16. The molecule has 0 atom stereocenters. The van der Waals surface area contributed by atoms with E-state index in [0.717, 1.165) is 12.1 Å². The summed E-state index contributed by atoms with van der Waals surface area (Å²) in [7, 11) is 0. The van der Waals surface area contributed by atoms with Gasteiger partial charge in [0.1, 0.15) is 5.82 Å². The number of carboxylic acids is 1. The van der Waals surface area contributed by atoms with E-state index in [9.17, 15) is 14.0 Å². The average molecular weight is 261 g/mol. The molecule has 1 aromatic carbocycles. The molecule has 19 heavy (non-hydrogen) atoms. The third kappa shape index (κ3) is 2.40. The van der Waals surface area contributed by atoms with Crippen LogP contribution in [0.25, 0.3) is 5.69 Å². The fraction of sp³-hybridized carbons (Fsp3) is 0.143. The molecule has 0 spiro atoms. The van der Waals surface area contributed by atoms with Crippen molar-refractivity contribution in [3.8, 4) is 5.69 Å². The molecule has 1 aromatic heterocycles. The van der Waals surface area contributed by atoms with Crippen molar-refractivity contribution in [2.24, 2.45) is 0 Å². The summed E-state index contributed by atoms with van der Waals surface area (Å²) in [5, 5.41) is 9.16. The minimum absolute atomic E-state index is 0.0174. The summed E-state index contributed by atoms with van der Waals surface area (Å²) in [6.07, 6.45) is 0. The molecule has 1 heterocycles. The number of pyridine rings is 1. The molecule has 0 saturated carbocycles. The smallest absolute Gasteiger partial charge is 0.337 e. The van der Waals surface area contributed by atoms with Gasteiger partial charge in [0.25, 0.3) is 0 Å². The maximum Gasteiger partial charge on any atom is 0.337 e. The van der Waals surface area contributed by atoms with Crippen molar-refractivity contribution in [2.45, 2.75) is 13.8 Å². The second-order valence-electron chi connectivity index (χ2n) is 4.28. The summed E-state index contributed by atoms with van der Waals surface area (Å²) in [5.74, 6) is -1.68. The van der Waals surface area contributed by atoms with E-state index in [1.165, 1.54) is 18.2 Å². The summed E-state index contributed by atoms with van der Waals surface area (Å²) in [6.45, 7) is 3.34. The number of nitrogens with zero attached hydrogens (tertiary/aromatic N) is 1. The fourth-order valence-electron chi connectivity index (χ4n) is 2.11. The summed E-state index contributed by atoms with van der Waals surface area (Å²) in [4.78, 5) is 22.6. The Kier molecular flexibility index (Phi) is 3.21. The van der Waals surface area contributed by atoms with Crippen molar-refractivity contribution in [1.29, 1.82) is 0 Å². The second kappa shape index (κ2) is 4.68. The van der Waals surface area contributed by atoms with E-state index in [0.29, 0.717) is 11.4 Å². The molecule has 0 bridgehead atoms. The van der Waals surface area contributed by atoms with E-state index in [1.807, 2.05) is 0 Å². The van der Waals surface area contributed by atoms with E-state index in [2.05, 4.69) is 0 Å². The number of halogens is 1. The standard InChI is InChI=1S/C14H12FNO3/c1-8-5-11(17)6-9(2)16(8)13-7-10(15)3-4-12(13)14(18)19/h3-7H,1-2H3,(H,18,19). The lowest BCUT2D eigenvalue weighted by molar-refractivity contribution is 0.0697. The van der Waals surface area contributed by atoms with Gasteiger partial charge in [-0.1, -0.05) is 0 Å². The van der Waals surface area contributed by atoms with Crippen LogP contribution in [0, 0.1) is 19.7 Å². The molecule has 0 aliphatic rings. The number of aryl methyl sites for hydroxylation is 2. The van der Waals surface area contributed by atoms with Crippen LogP contribution in [0.15, 0.2) is 35.1 Å². The molecule has 0 unspecified atom stereocenters. The Morgan fingerprint density at radius 1 is 1.16 bits per heavy atom. The predicted octanol–water partition coefficient (Wildman–Crippen LogP) is 2.29. The van der Waals surface area contributed by atoms with Crippen molar-refractivity contribution in [3.05, 3.63) is 63.3 Å². The van der Waals surface area contributed by atoms with Crippen molar-refractivity contribution in [3.63, 3.8) is 0 Å². The van der Waals surface area contributed by atoms with Crippen LogP contribution in [-0.2, 0) is 0 Å². The lowest BCUT2D eigenvalue weighted by Crippen LogP contribution is -2.14. The zero-order valence-corrected chi connectivity index (χ0v) is 10.5. The zero-order valence-electron chi connectivity index (χ0n) is 10.5. The predicted molar refractivity (Wildman–Crippen MR) is 68.4 cm³/mol. The zero-order chi connectivity index (χ0) is 14.2. The molecule has 0 fully saturated rings. The number of hydrogen-bond acceptors (Lipinski definition) is 2. The highest BCUT2D eigenvalue weighted by Crippen LogP contribution is 2.19. The Balaban J connectivity index is 2.82. The average Bonchev–Trinajstić information content (AvgIpc) is 2.27. The normalized spacial score (nSPS) is 10.5. The van der Waals surface area contributed by atoms with Gasteiger partial charge in [-0.3, -0.25) is 4.79 Å². The molecule has 4 nitrogen and oxygen atoms in total. The first-order valence-electron chi connectivity index (χ1n) is 5.63. The Morgan fingerprint density at radius 3 is 2.26 bits per heavy atom. The van der Waals surface area contributed by atoms with Crippen LogP contribution in [-0.4, -0.2) is 15.6 Å².